The Hall–Kier alpha value is -2.28. The van der Waals surface area contributed by atoms with Crippen LogP contribution in [-0.2, 0) is 6.54 Å². The van der Waals surface area contributed by atoms with E-state index < -0.39 is 0 Å². The van der Waals surface area contributed by atoms with Crippen LogP contribution in [0.25, 0.3) is 22.4 Å². The van der Waals surface area contributed by atoms with Crippen LogP contribution in [0.4, 0.5) is 0 Å². The van der Waals surface area contributed by atoms with Gasteiger partial charge in [-0.1, -0.05) is 67.6 Å². The molecule has 3 aromatic rings. The van der Waals surface area contributed by atoms with Crippen LogP contribution < -0.4 is 0 Å². The van der Waals surface area contributed by atoms with Crippen molar-refractivity contribution in [2.75, 3.05) is 0 Å². The second-order valence-corrected chi connectivity index (χ2v) is 5.82. The van der Waals surface area contributed by atoms with Crippen molar-refractivity contribution in [1.82, 2.24) is 4.57 Å². The molecule has 0 N–H and O–H groups in total. The van der Waals surface area contributed by atoms with E-state index in [1.54, 1.807) is 0 Å². The standard InChI is InChI=1S/C21H23N/c1-4-15-22-17(3)16(2)20(18-11-7-5-8-12-18)21(22)19-13-9-6-10-14-19/h5-14H,4,15H2,1-3H3. The van der Waals surface area contributed by atoms with Gasteiger partial charge in [-0.3, -0.25) is 0 Å². The number of hydrogen-bond donors (Lipinski definition) is 0. The molecular weight excluding hydrogens is 266 g/mol. The summed E-state index contributed by atoms with van der Waals surface area (Å²) in [5.74, 6) is 0. The minimum absolute atomic E-state index is 1.06. The zero-order chi connectivity index (χ0) is 15.5. The first kappa shape index (κ1) is 14.6. The van der Waals surface area contributed by atoms with Crippen LogP contribution in [0.3, 0.4) is 0 Å². The quantitative estimate of drug-likeness (QED) is 0.568. The first-order chi connectivity index (χ1) is 10.7. The Balaban J connectivity index is 2.32. The molecule has 2 aromatic carbocycles. The van der Waals surface area contributed by atoms with Crippen LogP contribution >= 0.6 is 0 Å². The number of aromatic nitrogens is 1. The Morgan fingerprint density at radius 2 is 1.32 bits per heavy atom. The van der Waals surface area contributed by atoms with E-state index in [0.717, 1.165) is 13.0 Å². The lowest BCUT2D eigenvalue weighted by Crippen LogP contribution is -2.01. The zero-order valence-electron chi connectivity index (χ0n) is 13.6. The maximum Gasteiger partial charge on any atom is 0.0564 e. The van der Waals surface area contributed by atoms with Gasteiger partial charge in [0.05, 0.1) is 5.69 Å². The Bertz CT molecular complexity index is 752. The monoisotopic (exact) mass is 289 g/mol. The first-order valence-corrected chi connectivity index (χ1v) is 8.04. The van der Waals surface area contributed by atoms with Crippen molar-refractivity contribution in [1.29, 1.82) is 0 Å². The van der Waals surface area contributed by atoms with E-state index in [-0.39, 0.29) is 0 Å². The van der Waals surface area contributed by atoms with Crippen molar-refractivity contribution in [3.8, 4) is 22.4 Å². The summed E-state index contributed by atoms with van der Waals surface area (Å²) in [5, 5.41) is 0. The molecule has 22 heavy (non-hydrogen) atoms. The lowest BCUT2D eigenvalue weighted by atomic mass is 9.98. The molecule has 0 fully saturated rings. The minimum Gasteiger partial charge on any atom is -0.344 e. The van der Waals surface area contributed by atoms with Crippen LogP contribution in [0.15, 0.2) is 60.7 Å². The molecule has 0 saturated carbocycles. The van der Waals surface area contributed by atoms with Gasteiger partial charge in [0.2, 0.25) is 0 Å². The molecule has 0 aliphatic heterocycles. The predicted molar refractivity (Wildman–Crippen MR) is 95.1 cm³/mol. The average Bonchev–Trinajstić information content (AvgIpc) is 2.82. The van der Waals surface area contributed by atoms with Crippen LogP contribution in [0.5, 0.6) is 0 Å². The molecule has 3 rings (SSSR count). The largest absolute Gasteiger partial charge is 0.344 e. The molecule has 0 aliphatic rings. The van der Waals surface area contributed by atoms with Crippen molar-refractivity contribution in [2.45, 2.75) is 33.7 Å². The van der Waals surface area contributed by atoms with Crippen LogP contribution in [0.1, 0.15) is 24.6 Å². The third-order valence-electron chi connectivity index (χ3n) is 4.39. The van der Waals surface area contributed by atoms with Gasteiger partial charge in [-0.2, -0.15) is 0 Å². The van der Waals surface area contributed by atoms with Gasteiger partial charge in [-0.05, 0) is 37.0 Å². The Labute approximate surface area is 133 Å². The van der Waals surface area contributed by atoms with Crippen LogP contribution in [0, 0.1) is 13.8 Å². The minimum atomic E-state index is 1.06. The molecule has 112 valence electrons. The molecule has 0 atom stereocenters. The number of nitrogens with zero attached hydrogens (tertiary/aromatic N) is 1. The highest BCUT2D eigenvalue weighted by Crippen LogP contribution is 2.38. The molecule has 1 aromatic heterocycles. The highest BCUT2D eigenvalue weighted by atomic mass is 15.0. The molecule has 0 amide bonds. The third kappa shape index (κ3) is 2.48. The molecular formula is C21H23N. The zero-order valence-corrected chi connectivity index (χ0v) is 13.6. The van der Waals surface area contributed by atoms with Crippen molar-refractivity contribution in [3.05, 3.63) is 71.9 Å². The Morgan fingerprint density at radius 3 is 1.86 bits per heavy atom. The molecule has 0 bridgehead atoms. The highest BCUT2D eigenvalue weighted by Gasteiger charge is 2.19. The summed E-state index contributed by atoms with van der Waals surface area (Å²) in [7, 11) is 0. The van der Waals surface area contributed by atoms with Crippen molar-refractivity contribution >= 4 is 0 Å². The smallest absolute Gasteiger partial charge is 0.0564 e. The topological polar surface area (TPSA) is 4.93 Å². The molecule has 0 spiro atoms. The summed E-state index contributed by atoms with van der Waals surface area (Å²) >= 11 is 0. The van der Waals surface area contributed by atoms with E-state index in [4.69, 9.17) is 0 Å². The SMILES string of the molecule is CCCn1c(C)c(C)c(-c2ccccc2)c1-c1ccccc1. The summed E-state index contributed by atoms with van der Waals surface area (Å²) in [5.41, 5.74) is 8.09. The highest BCUT2D eigenvalue weighted by molar-refractivity contribution is 5.85. The molecule has 1 heterocycles. The van der Waals surface area contributed by atoms with Crippen molar-refractivity contribution in [2.24, 2.45) is 0 Å². The second-order valence-electron chi connectivity index (χ2n) is 5.82. The predicted octanol–water partition coefficient (Wildman–Crippen LogP) is 5.85. The van der Waals surface area contributed by atoms with E-state index in [0.29, 0.717) is 0 Å². The lowest BCUT2D eigenvalue weighted by molar-refractivity contribution is 0.670. The molecule has 0 radical (unpaired) electrons. The second kappa shape index (κ2) is 6.23. The fourth-order valence-electron chi connectivity index (χ4n) is 3.22. The van der Waals surface area contributed by atoms with Gasteiger partial charge in [0.1, 0.15) is 0 Å². The molecule has 0 aliphatic carbocycles. The number of benzene rings is 2. The maximum atomic E-state index is 2.48. The van der Waals surface area contributed by atoms with Crippen LogP contribution in [0.2, 0.25) is 0 Å². The molecule has 1 nitrogen and oxygen atoms in total. The molecule has 0 saturated heterocycles. The van der Waals surface area contributed by atoms with E-state index in [1.807, 2.05) is 0 Å². The number of rotatable bonds is 4. The fraction of sp³-hybridized carbons (Fsp3) is 0.238. The average molecular weight is 289 g/mol. The summed E-state index contributed by atoms with van der Waals surface area (Å²) in [6.45, 7) is 7.79. The Morgan fingerprint density at radius 1 is 0.773 bits per heavy atom. The fourth-order valence-corrected chi connectivity index (χ4v) is 3.22. The summed E-state index contributed by atoms with van der Waals surface area (Å²) < 4.78 is 2.48. The molecule has 1 heteroatoms. The van der Waals surface area contributed by atoms with E-state index in [9.17, 15) is 0 Å². The van der Waals surface area contributed by atoms with E-state index in [2.05, 4.69) is 86.0 Å². The van der Waals surface area contributed by atoms with Gasteiger partial charge in [-0.25, -0.2) is 0 Å². The Kier molecular flexibility index (Phi) is 4.15. The number of hydrogen-bond acceptors (Lipinski definition) is 0. The van der Waals surface area contributed by atoms with Crippen LogP contribution in [-0.4, -0.2) is 4.57 Å². The third-order valence-corrected chi connectivity index (χ3v) is 4.39. The molecule has 0 unspecified atom stereocenters. The van der Waals surface area contributed by atoms with Gasteiger partial charge >= 0.3 is 0 Å². The van der Waals surface area contributed by atoms with Gasteiger partial charge in [0, 0.05) is 17.8 Å². The van der Waals surface area contributed by atoms with Gasteiger partial charge < -0.3 is 4.57 Å². The first-order valence-electron chi connectivity index (χ1n) is 8.04. The van der Waals surface area contributed by atoms with Gasteiger partial charge in [-0.15, -0.1) is 0 Å². The van der Waals surface area contributed by atoms with Crippen molar-refractivity contribution < 1.29 is 0 Å². The van der Waals surface area contributed by atoms with E-state index >= 15 is 0 Å². The van der Waals surface area contributed by atoms with E-state index in [1.165, 1.54) is 33.6 Å². The van der Waals surface area contributed by atoms with Gasteiger partial charge in [0.15, 0.2) is 0 Å². The van der Waals surface area contributed by atoms with Gasteiger partial charge in [0.25, 0.3) is 0 Å². The van der Waals surface area contributed by atoms with Crippen molar-refractivity contribution in [3.63, 3.8) is 0 Å². The lowest BCUT2D eigenvalue weighted by Gasteiger charge is -2.13. The maximum absolute atomic E-state index is 2.48. The summed E-state index contributed by atoms with van der Waals surface area (Å²) in [6.07, 6.45) is 1.14. The summed E-state index contributed by atoms with van der Waals surface area (Å²) in [6, 6.07) is 21.5. The summed E-state index contributed by atoms with van der Waals surface area (Å²) in [4.78, 5) is 0. The normalized spacial score (nSPS) is 10.9.